The molecule has 0 saturated carbocycles. The molecule has 0 fully saturated rings. The molecule has 3 heteroatoms. The van der Waals surface area contributed by atoms with E-state index in [-0.39, 0.29) is 5.41 Å². The van der Waals surface area contributed by atoms with Crippen molar-refractivity contribution in [2.45, 2.75) is 20.4 Å². The first kappa shape index (κ1) is 14.0. The predicted octanol–water partition coefficient (Wildman–Crippen LogP) is 2.07. The van der Waals surface area contributed by atoms with Crippen LogP contribution in [-0.4, -0.2) is 37.2 Å². The minimum absolute atomic E-state index is 0.264. The van der Waals surface area contributed by atoms with Crippen LogP contribution < -0.4 is 5.32 Å². The zero-order valence-corrected chi connectivity index (χ0v) is 11.3. The number of phenolic OH excluding ortho intramolecular Hbond substituents is 1. The highest BCUT2D eigenvalue weighted by Crippen LogP contribution is 2.15. The lowest BCUT2D eigenvalue weighted by molar-refractivity contribution is 0.232. The molecular weight excluding hydrogens is 212 g/mol. The van der Waals surface area contributed by atoms with E-state index in [0.29, 0.717) is 5.75 Å². The van der Waals surface area contributed by atoms with Gasteiger partial charge in [-0.25, -0.2) is 0 Å². The molecule has 0 amide bonds. The first-order chi connectivity index (χ1) is 7.89. The van der Waals surface area contributed by atoms with Crippen LogP contribution in [0.1, 0.15) is 19.4 Å². The molecule has 96 valence electrons. The van der Waals surface area contributed by atoms with Gasteiger partial charge in [0.2, 0.25) is 0 Å². The van der Waals surface area contributed by atoms with Gasteiger partial charge in [0.05, 0.1) is 0 Å². The summed E-state index contributed by atoms with van der Waals surface area (Å²) in [6.45, 7) is 7.41. The van der Waals surface area contributed by atoms with Gasteiger partial charge in [0.15, 0.2) is 0 Å². The molecule has 3 nitrogen and oxygen atoms in total. The fourth-order valence-corrected chi connectivity index (χ4v) is 2.07. The monoisotopic (exact) mass is 236 g/mol. The lowest BCUT2D eigenvalue weighted by Gasteiger charge is -2.28. The minimum atomic E-state index is 0.264. The van der Waals surface area contributed by atoms with Crippen LogP contribution in [0.5, 0.6) is 5.75 Å². The van der Waals surface area contributed by atoms with Gasteiger partial charge in [-0.2, -0.15) is 0 Å². The lowest BCUT2D eigenvalue weighted by Crippen LogP contribution is -2.37. The van der Waals surface area contributed by atoms with Crippen molar-refractivity contribution in [3.05, 3.63) is 29.8 Å². The Hall–Kier alpha value is -1.06. The highest BCUT2D eigenvalue weighted by atomic mass is 16.3. The Morgan fingerprint density at radius 1 is 1.18 bits per heavy atom. The van der Waals surface area contributed by atoms with Crippen molar-refractivity contribution in [2.75, 3.05) is 27.2 Å². The summed E-state index contributed by atoms with van der Waals surface area (Å²) in [5.74, 6) is 0.321. The average molecular weight is 236 g/mol. The number of nitrogens with one attached hydrogen (secondary N) is 1. The summed E-state index contributed by atoms with van der Waals surface area (Å²) < 4.78 is 0. The topological polar surface area (TPSA) is 35.5 Å². The number of hydrogen-bond acceptors (Lipinski definition) is 3. The molecule has 0 saturated heterocycles. The van der Waals surface area contributed by atoms with Crippen molar-refractivity contribution in [1.29, 1.82) is 0 Å². The first-order valence-corrected chi connectivity index (χ1v) is 6.02. The fraction of sp³-hybridized carbons (Fsp3) is 0.571. The van der Waals surface area contributed by atoms with Gasteiger partial charge in [-0.3, -0.25) is 0 Å². The average Bonchev–Trinajstić information content (AvgIpc) is 2.18. The van der Waals surface area contributed by atoms with Crippen LogP contribution in [0.2, 0.25) is 0 Å². The summed E-state index contributed by atoms with van der Waals surface area (Å²) in [7, 11) is 4.20. The van der Waals surface area contributed by atoms with Gasteiger partial charge in [-0.05, 0) is 37.2 Å². The van der Waals surface area contributed by atoms with Crippen LogP contribution in [0.15, 0.2) is 24.3 Å². The van der Waals surface area contributed by atoms with Crippen LogP contribution in [-0.2, 0) is 6.54 Å². The Kier molecular flexibility index (Phi) is 4.97. The van der Waals surface area contributed by atoms with Crippen molar-refractivity contribution >= 4 is 0 Å². The van der Waals surface area contributed by atoms with Crippen LogP contribution in [0.4, 0.5) is 0 Å². The third-order valence-corrected chi connectivity index (χ3v) is 2.61. The molecule has 0 unspecified atom stereocenters. The highest BCUT2D eigenvalue weighted by Gasteiger charge is 2.17. The van der Waals surface area contributed by atoms with Crippen LogP contribution in [0.3, 0.4) is 0 Å². The largest absolute Gasteiger partial charge is 0.508 e. The van der Waals surface area contributed by atoms with E-state index in [9.17, 15) is 5.11 Å². The Morgan fingerprint density at radius 3 is 2.29 bits per heavy atom. The smallest absolute Gasteiger partial charge is 0.115 e. The first-order valence-electron chi connectivity index (χ1n) is 6.02. The van der Waals surface area contributed by atoms with E-state index in [0.717, 1.165) is 19.6 Å². The van der Waals surface area contributed by atoms with Crippen molar-refractivity contribution in [1.82, 2.24) is 10.2 Å². The number of aromatic hydroxyl groups is 1. The quantitative estimate of drug-likeness (QED) is 0.793. The molecule has 2 N–H and O–H groups in total. The van der Waals surface area contributed by atoms with Crippen molar-refractivity contribution < 1.29 is 5.11 Å². The number of benzene rings is 1. The van der Waals surface area contributed by atoms with E-state index in [2.05, 4.69) is 38.2 Å². The maximum absolute atomic E-state index is 9.18. The molecule has 0 spiro atoms. The molecule has 17 heavy (non-hydrogen) atoms. The summed E-state index contributed by atoms with van der Waals surface area (Å²) in [6.07, 6.45) is 0. The molecule has 0 radical (unpaired) electrons. The summed E-state index contributed by atoms with van der Waals surface area (Å²) in [6, 6.07) is 7.34. The molecular formula is C14H24N2O. The third kappa shape index (κ3) is 5.71. The number of rotatable bonds is 6. The van der Waals surface area contributed by atoms with E-state index in [1.54, 1.807) is 12.1 Å². The fourth-order valence-electron chi connectivity index (χ4n) is 2.07. The van der Waals surface area contributed by atoms with Crippen molar-refractivity contribution in [2.24, 2.45) is 5.41 Å². The molecule has 0 bridgehead atoms. The van der Waals surface area contributed by atoms with Crippen LogP contribution in [0, 0.1) is 5.41 Å². The van der Waals surface area contributed by atoms with E-state index in [4.69, 9.17) is 0 Å². The maximum atomic E-state index is 9.18. The van der Waals surface area contributed by atoms with E-state index >= 15 is 0 Å². The minimum Gasteiger partial charge on any atom is -0.508 e. The summed E-state index contributed by atoms with van der Waals surface area (Å²) in [5.41, 5.74) is 1.46. The molecule has 0 heterocycles. The summed E-state index contributed by atoms with van der Waals surface area (Å²) >= 11 is 0. The van der Waals surface area contributed by atoms with Gasteiger partial charge < -0.3 is 15.3 Å². The SMILES string of the molecule is CN(C)CC(C)(C)CNCc1ccc(O)cc1. The molecule has 0 aromatic heterocycles. The molecule has 0 aliphatic heterocycles. The Labute approximate surface area is 104 Å². The van der Waals surface area contributed by atoms with Crippen molar-refractivity contribution in [3.63, 3.8) is 0 Å². The van der Waals surface area contributed by atoms with Crippen LogP contribution in [0.25, 0.3) is 0 Å². The number of phenols is 1. The highest BCUT2D eigenvalue weighted by molar-refractivity contribution is 5.25. The van der Waals surface area contributed by atoms with Crippen LogP contribution >= 0.6 is 0 Å². The van der Waals surface area contributed by atoms with Gasteiger partial charge in [-0.1, -0.05) is 26.0 Å². The molecule has 0 aliphatic rings. The second kappa shape index (κ2) is 6.03. The van der Waals surface area contributed by atoms with Gasteiger partial charge in [0.1, 0.15) is 5.75 Å². The zero-order chi connectivity index (χ0) is 12.9. The third-order valence-electron chi connectivity index (χ3n) is 2.61. The molecule has 0 atom stereocenters. The van der Waals surface area contributed by atoms with Crippen molar-refractivity contribution in [3.8, 4) is 5.75 Å². The number of hydrogen-bond donors (Lipinski definition) is 2. The summed E-state index contributed by atoms with van der Waals surface area (Å²) in [5, 5.41) is 12.6. The molecule has 1 aromatic rings. The Balaban J connectivity index is 2.34. The molecule has 1 aromatic carbocycles. The van der Waals surface area contributed by atoms with Gasteiger partial charge in [-0.15, -0.1) is 0 Å². The second-order valence-electron chi connectivity index (χ2n) is 5.67. The van der Waals surface area contributed by atoms with Gasteiger partial charge in [0.25, 0.3) is 0 Å². The van der Waals surface area contributed by atoms with Gasteiger partial charge >= 0.3 is 0 Å². The molecule has 0 aliphatic carbocycles. The number of nitrogens with zero attached hydrogens (tertiary/aromatic N) is 1. The summed E-state index contributed by atoms with van der Waals surface area (Å²) in [4.78, 5) is 2.21. The molecule has 1 rings (SSSR count). The maximum Gasteiger partial charge on any atom is 0.115 e. The van der Waals surface area contributed by atoms with E-state index in [1.807, 2.05) is 12.1 Å². The van der Waals surface area contributed by atoms with E-state index < -0.39 is 0 Å². The predicted molar refractivity (Wildman–Crippen MR) is 72.1 cm³/mol. The normalized spacial score (nSPS) is 12.1. The van der Waals surface area contributed by atoms with E-state index in [1.165, 1.54) is 5.56 Å². The van der Waals surface area contributed by atoms with Gasteiger partial charge in [0, 0.05) is 19.6 Å². The second-order valence-corrected chi connectivity index (χ2v) is 5.67. The Morgan fingerprint density at radius 2 is 1.76 bits per heavy atom. The standard InChI is InChI=1S/C14H24N2O/c1-14(2,11-16(3)4)10-15-9-12-5-7-13(17)8-6-12/h5-8,15,17H,9-11H2,1-4H3. The Bertz CT molecular complexity index is 331. The zero-order valence-electron chi connectivity index (χ0n) is 11.3. The lowest BCUT2D eigenvalue weighted by atomic mass is 9.93.